The van der Waals surface area contributed by atoms with Crippen molar-refractivity contribution in [1.29, 1.82) is 0 Å². The van der Waals surface area contributed by atoms with Crippen LogP contribution in [0.15, 0.2) is 18.2 Å². The average Bonchev–Trinajstić information content (AvgIpc) is 3.27. The number of hydrogen-bond acceptors (Lipinski definition) is 5. The van der Waals surface area contributed by atoms with Crippen molar-refractivity contribution in [3.05, 3.63) is 34.5 Å². The van der Waals surface area contributed by atoms with Crippen molar-refractivity contribution >= 4 is 23.6 Å². The number of nitrogens with one attached hydrogen (secondary N) is 2. The Balaban J connectivity index is 1.43. The normalized spacial score (nSPS) is 43.9. The average molecular weight is 466 g/mol. The molecule has 6 atom stereocenters. The molecular weight excluding hydrogens is 434 g/mol. The zero-order valence-corrected chi connectivity index (χ0v) is 20.0. The first-order chi connectivity index (χ1) is 15.9. The van der Waals surface area contributed by atoms with E-state index in [0.717, 1.165) is 6.42 Å². The maximum absolute atomic E-state index is 14.1. The topological polar surface area (TPSA) is 106 Å². The number of benzene rings is 1. The molecule has 5 fully saturated rings. The van der Waals surface area contributed by atoms with Crippen molar-refractivity contribution in [3.8, 4) is 5.75 Å². The Labute approximate surface area is 198 Å². The summed E-state index contributed by atoms with van der Waals surface area (Å²) in [6, 6.07) is 2.90. The molecule has 1 saturated carbocycles. The summed E-state index contributed by atoms with van der Waals surface area (Å²) in [6.45, 7) is 8.48. The monoisotopic (exact) mass is 465 g/mol. The molecule has 8 rings (SSSR count). The number of nitrogens with zero attached hydrogens (tertiary/aromatic N) is 1. The summed E-state index contributed by atoms with van der Waals surface area (Å²) in [5.74, 6) is 0.196. The summed E-state index contributed by atoms with van der Waals surface area (Å²) in [5, 5.41) is 29.5. The molecule has 8 heteroatoms. The number of piperidine rings is 2. The van der Waals surface area contributed by atoms with E-state index < -0.39 is 33.7 Å². The third-order valence-electron chi connectivity index (χ3n) is 9.88. The number of carbonyl (C=O) groups excluding carboxylic acids is 2. The SMILES string of the molecule is CC1(C)C=Cc2c(ccc3c2[NH+]([O-])C2C(C)(C)[C@H]4C[C@@]56CCCN5C(=O)[C@@]4(C[C@]32O)NC6=O)O1. The molecule has 8 nitrogen and oxygen atoms in total. The molecule has 6 heterocycles. The molecule has 0 aromatic heterocycles. The fraction of sp³-hybridized carbons (Fsp3) is 0.615. The van der Waals surface area contributed by atoms with Crippen LogP contribution in [0.3, 0.4) is 0 Å². The number of fused-ring (bicyclic) bond motifs is 6. The van der Waals surface area contributed by atoms with Crippen LogP contribution in [0.5, 0.6) is 5.75 Å². The highest BCUT2D eigenvalue weighted by Gasteiger charge is 2.79. The van der Waals surface area contributed by atoms with Gasteiger partial charge in [-0.15, -0.1) is 0 Å². The Bertz CT molecular complexity index is 1220. The summed E-state index contributed by atoms with van der Waals surface area (Å²) in [7, 11) is 0. The highest BCUT2D eigenvalue weighted by molar-refractivity contribution is 6.05. The lowest BCUT2D eigenvalue weighted by Crippen LogP contribution is -3.10. The van der Waals surface area contributed by atoms with Crippen LogP contribution in [0, 0.1) is 16.5 Å². The van der Waals surface area contributed by atoms with Crippen molar-refractivity contribution in [3.63, 3.8) is 0 Å². The van der Waals surface area contributed by atoms with Gasteiger partial charge in [0.1, 0.15) is 34.2 Å². The minimum absolute atomic E-state index is 0.0174. The fourth-order valence-electron chi connectivity index (χ4n) is 8.59. The second-order valence-corrected chi connectivity index (χ2v) is 12.4. The van der Waals surface area contributed by atoms with E-state index in [2.05, 4.69) is 5.32 Å². The number of ether oxygens (including phenoxy) is 1. The van der Waals surface area contributed by atoms with Gasteiger partial charge in [-0.05, 0) is 57.4 Å². The molecule has 2 spiro atoms. The summed E-state index contributed by atoms with van der Waals surface area (Å²) in [4.78, 5) is 29.1. The molecular formula is C26H31N3O5. The maximum atomic E-state index is 14.1. The minimum atomic E-state index is -1.55. The lowest BCUT2D eigenvalue weighted by Gasteiger charge is -2.67. The zero-order chi connectivity index (χ0) is 24.1. The van der Waals surface area contributed by atoms with Gasteiger partial charge in [-0.25, -0.2) is 0 Å². The molecule has 34 heavy (non-hydrogen) atoms. The first kappa shape index (κ1) is 20.9. The van der Waals surface area contributed by atoms with Crippen LogP contribution in [0.4, 0.5) is 5.69 Å². The zero-order valence-electron chi connectivity index (χ0n) is 20.0. The molecule has 7 aliphatic rings. The highest BCUT2D eigenvalue weighted by atomic mass is 16.5. The van der Waals surface area contributed by atoms with Gasteiger partial charge < -0.3 is 30.3 Å². The summed E-state index contributed by atoms with van der Waals surface area (Å²) in [6.07, 6.45) is 5.86. The standard InChI is InChI=1S/C26H31N3O5/c1-22(2)10-8-14-16(34-22)7-6-15-18(14)29(33)19-23(3,4)17-12-24-9-5-11-28(24)21(31)25(17,27-20(24)30)13-26(15,19)32/h6-8,10,17,19,29,32H,5,9,11-13H2,1-4H3,(H,27,30)/t17-,19?,24-,25+,26+/m1/s1. The van der Waals surface area contributed by atoms with Gasteiger partial charge in [-0.2, -0.15) is 0 Å². The number of hydroxylamine groups is 1. The van der Waals surface area contributed by atoms with Crippen molar-refractivity contribution in [2.24, 2.45) is 11.3 Å². The molecule has 2 amide bonds. The van der Waals surface area contributed by atoms with Gasteiger partial charge in [-0.3, -0.25) is 9.59 Å². The highest BCUT2D eigenvalue weighted by Crippen LogP contribution is 2.64. The van der Waals surface area contributed by atoms with Crippen LogP contribution in [-0.4, -0.2) is 51.1 Å². The second kappa shape index (κ2) is 5.69. The van der Waals surface area contributed by atoms with Crippen LogP contribution in [-0.2, 0) is 15.2 Å². The number of amides is 2. The fourth-order valence-corrected chi connectivity index (χ4v) is 8.59. The first-order valence-electron chi connectivity index (χ1n) is 12.3. The Morgan fingerprint density at radius 2 is 2.00 bits per heavy atom. The van der Waals surface area contributed by atoms with E-state index in [0.29, 0.717) is 42.0 Å². The predicted molar refractivity (Wildman–Crippen MR) is 123 cm³/mol. The van der Waals surface area contributed by atoms with E-state index in [1.165, 1.54) is 0 Å². The Kier molecular flexibility index (Phi) is 3.50. The molecule has 180 valence electrons. The molecule has 6 aliphatic heterocycles. The molecule has 0 radical (unpaired) electrons. The van der Waals surface area contributed by atoms with E-state index in [-0.39, 0.29) is 29.2 Å². The third-order valence-corrected chi connectivity index (χ3v) is 9.88. The van der Waals surface area contributed by atoms with Gasteiger partial charge in [0.2, 0.25) is 11.8 Å². The first-order valence-corrected chi connectivity index (χ1v) is 12.3. The van der Waals surface area contributed by atoms with Crippen LogP contribution >= 0.6 is 0 Å². The molecule has 1 aromatic rings. The number of aliphatic hydroxyl groups is 1. The molecule has 1 aromatic carbocycles. The lowest BCUT2D eigenvalue weighted by molar-refractivity contribution is -0.822. The van der Waals surface area contributed by atoms with Crippen molar-refractivity contribution in [2.45, 2.75) is 81.7 Å². The van der Waals surface area contributed by atoms with Gasteiger partial charge in [-0.1, -0.05) is 13.8 Å². The number of quaternary nitrogens is 1. The van der Waals surface area contributed by atoms with Crippen molar-refractivity contribution in [1.82, 2.24) is 10.2 Å². The van der Waals surface area contributed by atoms with Crippen LogP contribution < -0.4 is 15.1 Å². The van der Waals surface area contributed by atoms with E-state index in [1.807, 2.05) is 45.9 Å². The minimum Gasteiger partial charge on any atom is -0.629 e. The van der Waals surface area contributed by atoms with Gasteiger partial charge in [0.25, 0.3) is 0 Å². The van der Waals surface area contributed by atoms with E-state index in [1.54, 1.807) is 11.0 Å². The van der Waals surface area contributed by atoms with Crippen LogP contribution in [0.25, 0.3) is 6.08 Å². The largest absolute Gasteiger partial charge is 0.629 e. The van der Waals surface area contributed by atoms with Gasteiger partial charge in [0.05, 0.1) is 11.1 Å². The van der Waals surface area contributed by atoms with Crippen molar-refractivity contribution in [2.75, 3.05) is 6.54 Å². The lowest BCUT2D eigenvalue weighted by atomic mass is 9.46. The van der Waals surface area contributed by atoms with Gasteiger partial charge in [0, 0.05) is 24.3 Å². The number of piperazine rings is 1. The number of carbonyl (C=O) groups is 2. The van der Waals surface area contributed by atoms with Crippen LogP contribution in [0.2, 0.25) is 0 Å². The van der Waals surface area contributed by atoms with Crippen LogP contribution in [0.1, 0.15) is 64.5 Å². The Morgan fingerprint density at radius 3 is 2.76 bits per heavy atom. The second-order valence-electron chi connectivity index (χ2n) is 12.4. The molecule has 1 aliphatic carbocycles. The quantitative estimate of drug-likeness (QED) is 0.498. The summed E-state index contributed by atoms with van der Waals surface area (Å²) in [5.41, 5.74) is -3.04. The smallest absolute Gasteiger partial charge is 0.249 e. The predicted octanol–water partition coefficient (Wildman–Crippen LogP) is 1.13. The van der Waals surface area contributed by atoms with E-state index in [9.17, 15) is 19.9 Å². The molecule has 3 N–H and O–H groups in total. The summed E-state index contributed by atoms with van der Waals surface area (Å²) < 4.78 is 6.12. The number of rotatable bonds is 0. The third kappa shape index (κ3) is 2.05. The molecule has 2 unspecified atom stereocenters. The maximum Gasteiger partial charge on any atom is 0.249 e. The molecule has 2 bridgehead atoms. The van der Waals surface area contributed by atoms with Gasteiger partial charge >= 0.3 is 0 Å². The number of hydrogen-bond donors (Lipinski definition) is 3. The summed E-state index contributed by atoms with van der Waals surface area (Å²) >= 11 is 0. The molecule has 4 saturated heterocycles. The van der Waals surface area contributed by atoms with Crippen molar-refractivity contribution < 1.29 is 24.5 Å². The van der Waals surface area contributed by atoms with Gasteiger partial charge in [0.15, 0.2) is 5.60 Å². The Hall–Kier alpha value is -2.42. The van der Waals surface area contributed by atoms with E-state index in [4.69, 9.17) is 4.74 Å². The van der Waals surface area contributed by atoms with E-state index >= 15 is 0 Å². The Morgan fingerprint density at radius 1 is 1.24 bits per heavy atom.